The minimum atomic E-state index is -0.0867. The molecular weight excluding hydrogens is 396 g/mol. The Labute approximate surface area is 160 Å². The number of carbonyl (C=O) groups is 1. The predicted molar refractivity (Wildman–Crippen MR) is 104 cm³/mol. The van der Waals surface area contributed by atoms with E-state index in [1.54, 1.807) is 6.20 Å². The highest BCUT2D eigenvalue weighted by Crippen LogP contribution is 2.24. The van der Waals surface area contributed by atoms with Gasteiger partial charge in [-0.05, 0) is 43.3 Å². The Morgan fingerprint density at radius 2 is 2.04 bits per heavy atom. The maximum Gasteiger partial charge on any atom is 0.224 e. The molecule has 2 aromatic carbocycles. The number of aryl methyl sites for hydroxylation is 1. The third-order valence-corrected chi connectivity index (χ3v) is 4.17. The highest BCUT2D eigenvalue weighted by Gasteiger charge is 2.09. The first-order chi connectivity index (χ1) is 12.6. The number of anilines is 1. The van der Waals surface area contributed by atoms with Crippen LogP contribution < -0.4 is 10.1 Å². The number of amides is 1. The van der Waals surface area contributed by atoms with Gasteiger partial charge in [0.1, 0.15) is 5.75 Å². The maximum atomic E-state index is 12.1. The molecule has 0 bridgehead atoms. The van der Waals surface area contributed by atoms with E-state index in [-0.39, 0.29) is 5.91 Å². The summed E-state index contributed by atoms with van der Waals surface area (Å²) in [6.07, 6.45) is 2.42. The molecule has 0 atom stereocenters. The van der Waals surface area contributed by atoms with E-state index in [0.717, 1.165) is 21.5 Å². The minimum Gasteiger partial charge on any atom is -0.494 e. The fourth-order valence-corrected chi connectivity index (χ4v) is 2.85. The molecule has 0 unspecified atom stereocenters. The van der Waals surface area contributed by atoms with Crippen molar-refractivity contribution in [1.82, 2.24) is 4.98 Å². The van der Waals surface area contributed by atoms with Crippen molar-refractivity contribution in [3.8, 4) is 17.1 Å². The van der Waals surface area contributed by atoms with Crippen LogP contribution in [0.1, 0.15) is 19.2 Å². The van der Waals surface area contributed by atoms with Crippen LogP contribution in [0.3, 0.4) is 0 Å². The maximum absolute atomic E-state index is 12.1. The van der Waals surface area contributed by atoms with Gasteiger partial charge in [0, 0.05) is 28.6 Å². The van der Waals surface area contributed by atoms with E-state index in [1.807, 2.05) is 55.5 Å². The fourth-order valence-electron chi connectivity index (χ4n) is 2.45. The SMILES string of the molecule is CCOc1ccc(NC(=O)CCc2ncc(-c3cccc(Br)c3)o2)cc1. The van der Waals surface area contributed by atoms with Crippen molar-refractivity contribution in [2.75, 3.05) is 11.9 Å². The van der Waals surface area contributed by atoms with Crippen LogP contribution in [0, 0.1) is 0 Å². The molecule has 134 valence electrons. The lowest BCUT2D eigenvalue weighted by molar-refractivity contribution is -0.116. The van der Waals surface area contributed by atoms with Gasteiger partial charge in [0.15, 0.2) is 11.7 Å². The summed E-state index contributed by atoms with van der Waals surface area (Å²) in [6, 6.07) is 15.1. The molecule has 3 rings (SSSR count). The first kappa shape index (κ1) is 18.2. The lowest BCUT2D eigenvalue weighted by Gasteiger charge is -2.06. The van der Waals surface area contributed by atoms with Crippen molar-refractivity contribution in [2.45, 2.75) is 19.8 Å². The zero-order valence-electron chi connectivity index (χ0n) is 14.4. The number of aromatic nitrogens is 1. The summed E-state index contributed by atoms with van der Waals surface area (Å²) in [4.78, 5) is 16.4. The predicted octanol–water partition coefficient (Wildman–Crippen LogP) is 5.07. The molecule has 1 amide bonds. The zero-order valence-corrected chi connectivity index (χ0v) is 16.0. The van der Waals surface area contributed by atoms with Gasteiger partial charge in [-0.25, -0.2) is 4.98 Å². The number of ether oxygens (including phenoxy) is 1. The average Bonchev–Trinajstić information content (AvgIpc) is 3.11. The normalized spacial score (nSPS) is 10.5. The molecule has 0 radical (unpaired) electrons. The lowest BCUT2D eigenvalue weighted by atomic mass is 10.2. The summed E-state index contributed by atoms with van der Waals surface area (Å²) < 4.78 is 12.1. The van der Waals surface area contributed by atoms with Crippen LogP contribution in [0.25, 0.3) is 11.3 Å². The summed E-state index contributed by atoms with van der Waals surface area (Å²) in [5.74, 6) is 1.93. The number of nitrogens with one attached hydrogen (secondary N) is 1. The molecular formula is C20H19BrN2O3. The number of carbonyl (C=O) groups excluding carboxylic acids is 1. The van der Waals surface area contributed by atoms with E-state index in [2.05, 4.69) is 26.2 Å². The Kier molecular flexibility index (Phi) is 6.07. The topological polar surface area (TPSA) is 64.4 Å². The van der Waals surface area contributed by atoms with Crippen molar-refractivity contribution in [2.24, 2.45) is 0 Å². The van der Waals surface area contributed by atoms with Gasteiger partial charge in [0.25, 0.3) is 0 Å². The molecule has 0 aliphatic rings. The Balaban J connectivity index is 1.53. The average molecular weight is 415 g/mol. The van der Waals surface area contributed by atoms with Gasteiger partial charge in [-0.2, -0.15) is 0 Å². The molecule has 1 heterocycles. The molecule has 0 aliphatic carbocycles. The van der Waals surface area contributed by atoms with Gasteiger partial charge in [0.05, 0.1) is 12.8 Å². The van der Waals surface area contributed by atoms with Gasteiger partial charge in [-0.3, -0.25) is 4.79 Å². The third kappa shape index (κ3) is 4.95. The van der Waals surface area contributed by atoms with Gasteiger partial charge in [0.2, 0.25) is 5.91 Å². The van der Waals surface area contributed by atoms with Crippen molar-refractivity contribution < 1.29 is 13.9 Å². The molecule has 6 heteroatoms. The number of halogens is 1. The Morgan fingerprint density at radius 3 is 2.77 bits per heavy atom. The van der Waals surface area contributed by atoms with Gasteiger partial charge >= 0.3 is 0 Å². The van der Waals surface area contributed by atoms with E-state index < -0.39 is 0 Å². The number of nitrogens with zero attached hydrogens (tertiary/aromatic N) is 1. The van der Waals surface area contributed by atoms with Crippen molar-refractivity contribution >= 4 is 27.5 Å². The van der Waals surface area contributed by atoms with Crippen LogP contribution >= 0.6 is 15.9 Å². The molecule has 1 N–H and O–H groups in total. The first-order valence-corrected chi connectivity index (χ1v) is 9.16. The van der Waals surface area contributed by atoms with Crippen LogP contribution in [0.15, 0.2) is 63.6 Å². The number of hydrogen-bond donors (Lipinski definition) is 1. The van der Waals surface area contributed by atoms with E-state index in [4.69, 9.17) is 9.15 Å². The molecule has 5 nitrogen and oxygen atoms in total. The van der Waals surface area contributed by atoms with Crippen LogP contribution in [-0.4, -0.2) is 17.5 Å². The molecule has 3 aromatic rings. The third-order valence-electron chi connectivity index (χ3n) is 3.68. The summed E-state index contributed by atoms with van der Waals surface area (Å²) >= 11 is 3.44. The largest absolute Gasteiger partial charge is 0.494 e. The molecule has 0 fully saturated rings. The second-order valence-electron chi connectivity index (χ2n) is 5.63. The lowest BCUT2D eigenvalue weighted by Crippen LogP contribution is -2.12. The van der Waals surface area contributed by atoms with Gasteiger partial charge in [-0.15, -0.1) is 0 Å². The Hall–Kier alpha value is -2.60. The highest BCUT2D eigenvalue weighted by molar-refractivity contribution is 9.10. The monoisotopic (exact) mass is 414 g/mol. The van der Waals surface area contributed by atoms with Crippen molar-refractivity contribution in [1.29, 1.82) is 0 Å². The zero-order chi connectivity index (χ0) is 18.4. The Morgan fingerprint density at radius 1 is 1.23 bits per heavy atom. The molecule has 1 aromatic heterocycles. The van der Waals surface area contributed by atoms with Crippen molar-refractivity contribution in [3.05, 3.63) is 65.1 Å². The molecule has 0 saturated heterocycles. The summed E-state index contributed by atoms with van der Waals surface area (Å²) in [5.41, 5.74) is 1.68. The summed E-state index contributed by atoms with van der Waals surface area (Å²) in [5, 5.41) is 2.86. The van der Waals surface area contributed by atoms with Crippen LogP contribution in [0.2, 0.25) is 0 Å². The smallest absolute Gasteiger partial charge is 0.224 e. The molecule has 0 spiro atoms. The number of hydrogen-bond acceptors (Lipinski definition) is 4. The van der Waals surface area contributed by atoms with Crippen LogP contribution in [0.4, 0.5) is 5.69 Å². The van der Waals surface area contributed by atoms with Crippen LogP contribution in [-0.2, 0) is 11.2 Å². The quantitative estimate of drug-likeness (QED) is 0.585. The standard InChI is InChI=1S/C20H19BrN2O3/c1-2-25-17-8-6-16(7-9-17)23-19(24)10-11-20-22-13-18(26-20)14-4-3-5-15(21)12-14/h3-9,12-13H,2,10-11H2,1H3,(H,23,24). The van der Waals surface area contributed by atoms with Gasteiger partial charge < -0.3 is 14.5 Å². The number of rotatable bonds is 7. The Bertz CT molecular complexity index is 875. The number of benzene rings is 2. The molecule has 26 heavy (non-hydrogen) atoms. The van der Waals surface area contributed by atoms with E-state index in [0.29, 0.717) is 31.1 Å². The molecule has 0 saturated carbocycles. The first-order valence-electron chi connectivity index (χ1n) is 8.37. The fraction of sp³-hybridized carbons (Fsp3) is 0.200. The summed E-state index contributed by atoms with van der Waals surface area (Å²) in [6.45, 7) is 2.55. The van der Waals surface area contributed by atoms with E-state index in [1.165, 1.54) is 0 Å². The highest BCUT2D eigenvalue weighted by atomic mass is 79.9. The number of oxazole rings is 1. The van der Waals surface area contributed by atoms with Crippen LogP contribution in [0.5, 0.6) is 5.75 Å². The minimum absolute atomic E-state index is 0.0867. The summed E-state index contributed by atoms with van der Waals surface area (Å²) in [7, 11) is 0. The second kappa shape index (κ2) is 8.67. The second-order valence-corrected chi connectivity index (χ2v) is 6.55. The van der Waals surface area contributed by atoms with E-state index >= 15 is 0 Å². The van der Waals surface area contributed by atoms with E-state index in [9.17, 15) is 4.79 Å². The molecule has 0 aliphatic heterocycles. The van der Waals surface area contributed by atoms with Gasteiger partial charge in [-0.1, -0.05) is 28.1 Å². The van der Waals surface area contributed by atoms with Crippen molar-refractivity contribution in [3.63, 3.8) is 0 Å².